The molecular weight excluding hydrogens is 388 g/mol. The van der Waals surface area contributed by atoms with Gasteiger partial charge in [0.25, 0.3) is 0 Å². The summed E-state index contributed by atoms with van der Waals surface area (Å²) in [6.07, 6.45) is 4.60. The Bertz CT molecular complexity index is 909. The number of rotatable bonds is 4. The van der Waals surface area contributed by atoms with Gasteiger partial charge >= 0.3 is 5.97 Å². The molecule has 8 heteroatoms. The molecule has 0 aliphatic carbocycles. The Morgan fingerprint density at radius 2 is 2.07 bits per heavy atom. The molecule has 0 amide bonds. The van der Waals surface area contributed by atoms with E-state index in [0.29, 0.717) is 24.1 Å². The first kappa shape index (κ1) is 19.0. The maximum absolute atomic E-state index is 11.7. The first-order chi connectivity index (χ1) is 14.0. The van der Waals surface area contributed by atoms with Crippen LogP contribution in [-0.4, -0.2) is 58.1 Å². The number of anilines is 1. The van der Waals surface area contributed by atoms with Gasteiger partial charge in [0.2, 0.25) is 5.13 Å². The number of aliphatic hydroxyl groups is 1. The number of piperidine rings is 1. The van der Waals surface area contributed by atoms with Crippen LogP contribution in [-0.2, 0) is 11.3 Å². The lowest BCUT2D eigenvalue weighted by Crippen LogP contribution is -2.43. The van der Waals surface area contributed by atoms with E-state index in [1.807, 2.05) is 13.0 Å². The standard InChI is InChI=1S/C21H26N4O3S/c1-14-15(2-3-16-17(14)11-28-19(16)27)18(26)10-24-7-4-21(5-8-24)6-9-25(12-21)20-22-13-23-29-20/h2-3,13,18,26H,4-12H2,1H3. The van der Waals surface area contributed by atoms with Crippen molar-refractivity contribution in [2.75, 3.05) is 37.6 Å². The van der Waals surface area contributed by atoms with Crippen LogP contribution in [0.5, 0.6) is 0 Å². The van der Waals surface area contributed by atoms with E-state index in [1.54, 1.807) is 12.4 Å². The summed E-state index contributed by atoms with van der Waals surface area (Å²) in [6, 6.07) is 3.68. The van der Waals surface area contributed by atoms with Gasteiger partial charge in [-0.05, 0) is 61.9 Å². The number of nitrogens with zero attached hydrogens (tertiary/aromatic N) is 4. The Hall–Kier alpha value is -2.03. The predicted molar refractivity (Wildman–Crippen MR) is 110 cm³/mol. The molecule has 5 rings (SSSR count). The molecule has 1 spiro atoms. The fourth-order valence-corrected chi connectivity index (χ4v) is 5.65. The Morgan fingerprint density at radius 1 is 1.28 bits per heavy atom. The number of hydrogen-bond acceptors (Lipinski definition) is 8. The van der Waals surface area contributed by atoms with Crippen molar-refractivity contribution in [1.29, 1.82) is 0 Å². The van der Waals surface area contributed by atoms with Gasteiger partial charge < -0.3 is 19.6 Å². The maximum atomic E-state index is 11.7. The zero-order valence-corrected chi connectivity index (χ0v) is 17.5. The van der Waals surface area contributed by atoms with Crippen molar-refractivity contribution in [2.24, 2.45) is 5.41 Å². The Kier molecular flexibility index (Phi) is 4.80. The average Bonchev–Trinajstić information content (AvgIpc) is 3.45. The number of aliphatic hydroxyl groups excluding tert-OH is 1. The lowest BCUT2D eigenvalue weighted by molar-refractivity contribution is 0.0534. The molecule has 4 heterocycles. The summed E-state index contributed by atoms with van der Waals surface area (Å²) >= 11 is 1.48. The van der Waals surface area contributed by atoms with E-state index in [0.717, 1.165) is 60.8 Å². The normalized spacial score (nSPS) is 22.1. The quantitative estimate of drug-likeness (QED) is 0.770. The lowest BCUT2D eigenvalue weighted by atomic mass is 9.77. The van der Waals surface area contributed by atoms with Crippen molar-refractivity contribution in [3.63, 3.8) is 0 Å². The number of benzene rings is 1. The second kappa shape index (κ2) is 7.34. The number of hydrogen-bond donors (Lipinski definition) is 1. The van der Waals surface area contributed by atoms with Crippen molar-refractivity contribution >= 4 is 22.6 Å². The number of carbonyl (C=O) groups is 1. The third kappa shape index (κ3) is 3.43. The summed E-state index contributed by atoms with van der Waals surface area (Å²) in [5.74, 6) is -0.260. The van der Waals surface area contributed by atoms with E-state index >= 15 is 0 Å². The van der Waals surface area contributed by atoms with E-state index in [4.69, 9.17) is 4.74 Å². The summed E-state index contributed by atoms with van der Waals surface area (Å²) in [5, 5.41) is 11.9. The number of carbonyl (C=O) groups excluding carboxylic acids is 1. The van der Waals surface area contributed by atoms with Crippen molar-refractivity contribution in [3.8, 4) is 0 Å². The topological polar surface area (TPSA) is 78.8 Å². The van der Waals surface area contributed by atoms with Crippen molar-refractivity contribution in [2.45, 2.75) is 38.9 Å². The second-order valence-corrected chi connectivity index (χ2v) is 9.35. The first-order valence-corrected chi connectivity index (χ1v) is 11.0. The zero-order chi connectivity index (χ0) is 20.0. The van der Waals surface area contributed by atoms with Crippen LogP contribution in [0.1, 0.15) is 52.4 Å². The summed E-state index contributed by atoms with van der Waals surface area (Å²) in [5.41, 5.74) is 3.82. The van der Waals surface area contributed by atoms with E-state index in [9.17, 15) is 9.90 Å². The molecule has 29 heavy (non-hydrogen) atoms. The predicted octanol–water partition coefficient (Wildman–Crippen LogP) is 2.54. The highest BCUT2D eigenvalue weighted by atomic mass is 32.1. The van der Waals surface area contributed by atoms with Gasteiger partial charge in [-0.2, -0.15) is 4.37 Å². The van der Waals surface area contributed by atoms with Crippen molar-refractivity contribution in [3.05, 3.63) is 40.7 Å². The Morgan fingerprint density at radius 3 is 2.83 bits per heavy atom. The average molecular weight is 415 g/mol. The number of fused-ring (bicyclic) bond motifs is 1. The third-order valence-corrected chi connectivity index (χ3v) is 7.70. The van der Waals surface area contributed by atoms with Gasteiger partial charge in [0.1, 0.15) is 12.9 Å². The molecule has 2 saturated heterocycles. The molecule has 1 aromatic carbocycles. The molecule has 1 N–H and O–H groups in total. The van der Waals surface area contributed by atoms with Crippen LogP contribution in [0, 0.1) is 12.3 Å². The van der Waals surface area contributed by atoms with Crippen LogP contribution in [0.3, 0.4) is 0 Å². The number of likely N-dealkylation sites (tertiary alicyclic amines) is 1. The Balaban J connectivity index is 1.20. The highest BCUT2D eigenvalue weighted by molar-refractivity contribution is 7.09. The number of ether oxygens (including phenoxy) is 1. The highest BCUT2D eigenvalue weighted by Gasteiger charge is 2.41. The molecule has 0 radical (unpaired) electrons. The van der Waals surface area contributed by atoms with Crippen LogP contribution in [0.2, 0.25) is 0 Å². The van der Waals surface area contributed by atoms with Crippen LogP contribution < -0.4 is 4.90 Å². The largest absolute Gasteiger partial charge is 0.457 e. The minimum atomic E-state index is -0.550. The molecule has 1 unspecified atom stereocenters. The smallest absolute Gasteiger partial charge is 0.338 e. The van der Waals surface area contributed by atoms with Gasteiger partial charge in [-0.1, -0.05) is 6.07 Å². The van der Waals surface area contributed by atoms with E-state index in [-0.39, 0.29) is 5.97 Å². The molecule has 2 aromatic rings. The maximum Gasteiger partial charge on any atom is 0.338 e. The fraction of sp³-hybridized carbons (Fsp3) is 0.571. The van der Waals surface area contributed by atoms with Crippen LogP contribution >= 0.6 is 11.5 Å². The molecule has 2 fully saturated rings. The van der Waals surface area contributed by atoms with Crippen LogP contribution in [0.4, 0.5) is 5.13 Å². The second-order valence-electron chi connectivity index (χ2n) is 8.59. The summed E-state index contributed by atoms with van der Waals surface area (Å²) in [6.45, 7) is 7.07. The highest BCUT2D eigenvalue weighted by Crippen LogP contribution is 2.42. The monoisotopic (exact) mass is 414 g/mol. The van der Waals surface area contributed by atoms with Gasteiger partial charge in [-0.3, -0.25) is 0 Å². The number of cyclic esters (lactones) is 1. The number of β-amino-alcohol motifs (C(OH)–C–C–N with tert-alkyl or cyclic N) is 1. The molecule has 3 aliphatic heterocycles. The number of aromatic nitrogens is 2. The van der Waals surface area contributed by atoms with Gasteiger partial charge in [0.05, 0.1) is 11.7 Å². The van der Waals surface area contributed by atoms with E-state index in [2.05, 4.69) is 19.2 Å². The minimum Gasteiger partial charge on any atom is -0.457 e. The molecule has 1 atom stereocenters. The summed E-state index contributed by atoms with van der Waals surface area (Å²) < 4.78 is 9.27. The van der Waals surface area contributed by atoms with Gasteiger partial charge in [0.15, 0.2) is 0 Å². The molecule has 1 aromatic heterocycles. The number of esters is 1. The van der Waals surface area contributed by atoms with E-state index in [1.165, 1.54) is 18.0 Å². The van der Waals surface area contributed by atoms with Gasteiger partial charge in [-0.15, -0.1) is 0 Å². The van der Waals surface area contributed by atoms with Crippen LogP contribution in [0.15, 0.2) is 18.5 Å². The fourth-order valence-electron chi connectivity index (χ4n) is 5.09. The van der Waals surface area contributed by atoms with Gasteiger partial charge in [-0.25, -0.2) is 9.78 Å². The SMILES string of the molecule is Cc1c(C(O)CN2CCC3(CC2)CCN(c2ncns2)C3)ccc2c1COC2=O. The lowest BCUT2D eigenvalue weighted by Gasteiger charge is -2.40. The summed E-state index contributed by atoms with van der Waals surface area (Å²) in [7, 11) is 0. The molecule has 3 aliphatic rings. The summed E-state index contributed by atoms with van der Waals surface area (Å²) in [4.78, 5) is 20.8. The van der Waals surface area contributed by atoms with Gasteiger partial charge in [0, 0.05) is 36.7 Å². The zero-order valence-electron chi connectivity index (χ0n) is 16.6. The van der Waals surface area contributed by atoms with E-state index < -0.39 is 6.10 Å². The molecule has 7 nitrogen and oxygen atoms in total. The molecule has 154 valence electrons. The third-order valence-electron chi connectivity index (χ3n) is 6.97. The minimum absolute atomic E-state index is 0.260. The molecule has 0 bridgehead atoms. The first-order valence-electron chi connectivity index (χ1n) is 10.3. The Labute approximate surface area is 174 Å². The van der Waals surface area contributed by atoms with Crippen molar-refractivity contribution in [1.82, 2.24) is 14.3 Å². The molecular formula is C21H26N4O3S. The van der Waals surface area contributed by atoms with Crippen LogP contribution in [0.25, 0.3) is 0 Å². The molecule has 0 saturated carbocycles. The van der Waals surface area contributed by atoms with Crippen molar-refractivity contribution < 1.29 is 14.6 Å².